The number of nitrogens with two attached hydrogens (primary N) is 2. The first kappa shape index (κ1) is 22.6. The highest BCUT2D eigenvalue weighted by atomic mass is 16.2. The summed E-state index contributed by atoms with van der Waals surface area (Å²) in [4.78, 5) is 32.4. The van der Waals surface area contributed by atoms with Gasteiger partial charge in [-0.2, -0.15) is 0 Å². The highest BCUT2D eigenvalue weighted by molar-refractivity contribution is 6.47. The number of nitrogens with zero attached hydrogens (tertiary/aromatic N) is 3. The molecule has 0 bridgehead atoms. The molecule has 0 unspecified atom stereocenters. The minimum atomic E-state index is -0.920. The van der Waals surface area contributed by atoms with E-state index in [2.05, 4.69) is 28.4 Å². The molecular weight excluding hydrogens is 368 g/mol. The number of urea groups is 1. The Kier molecular flexibility index (Phi) is 7.92. The lowest BCUT2D eigenvalue weighted by molar-refractivity contribution is -0.113. The molecule has 0 atom stereocenters. The van der Waals surface area contributed by atoms with Gasteiger partial charge in [-0.3, -0.25) is 10.1 Å². The number of likely N-dealkylation sites (tertiary alicyclic amines) is 1. The molecule has 0 aromatic rings. The molecular formula is C21H32N6O2. The standard InChI is InChI=1S/C21H32N6O2/c1-5-14(2)15(3)12-18-13-27(11-10-26-8-6-17(22)7-9-26)16(4)19(24-18)20(28)25-21(23)29/h5,12,17H,1,4,6-11,13,22H2,2-3H3,(H3,23,25,28,29)/b15-14-,18-12+. The van der Waals surface area contributed by atoms with Crippen molar-refractivity contribution in [2.75, 3.05) is 32.7 Å². The smallest absolute Gasteiger partial charge is 0.319 e. The van der Waals surface area contributed by atoms with E-state index in [9.17, 15) is 9.59 Å². The number of carbonyl (C=O) groups excluding carboxylic acids is 2. The van der Waals surface area contributed by atoms with E-state index in [1.807, 2.05) is 24.8 Å². The van der Waals surface area contributed by atoms with E-state index >= 15 is 0 Å². The lowest BCUT2D eigenvalue weighted by Crippen LogP contribution is -2.47. The lowest BCUT2D eigenvalue weighted by atomic mass is 10.1. The molecule has 29 heavy (non-hydrogen) atoms. The van der Waals surface area contributed by atoms with Crippen molar-refractivity contribution in [2.24, 2.45) is 16.5 Å². The van der Waals surface area contributed by atoms with Crippen molar-refractivity contribution in [1.82, 2.24) is 15.1 Å². The maximum Gasteiger partial charge on any atom is 0.319 e. The summed E-state index contributed by atoms with van der Waals surface area (Å²) in [5, 5.41) is 2.08. The van der Waals surface area contributed by atoms with Crippen LogP contribution in [0.2, 0.25) is 0 Å². The number of rotatable bonds is 6. The molecule has 2 heterocycles. The summed E-state index contributed by atoms with van der Waals surface area (Å²) < 4.78 is 0. The SMILES string of the molecule is C=C/C(C)=C(C)\C=C1/CN(CCN2CCC(N)CC2)C(=C)C(C(=O)NC(N)=O)=N1. The fraction of sp³-hybridized carbons (Fsp3) is 0.476. The Morgan fingerprint density at radius 1 is 1.24 bits per heavy atom. The monoisotopic (exact) mass is 400 g/mol. The van der Waals surface area contributed by atoms with Crippen LogP contribution >= 0.6 is 0 Å². The van der Waals surface area contributed by atoms with Crippen LogP contribution in [-0.4, -0.2) is 66.2 Å². The van der Waals surface area contributed by atoms with Crippen LogP contribution in [0.25, 0.3) is 0 Å². The summed E-state index contributed by atoms with van der Waals surface area (Å²) in [7, 11) is 0. The molecule has 8 nitrogen and oxygen atoms in total. The fourth-order valence-corrected chi connectivity index (χ4v) is 3.29. The number of nitrogens with one attached hydrogen (secondary N) is 1. The molecule has 0 aromatic heterocycles. The Balaban J connectivity index is 2.21. The summed E-state index contributed by atoms with van der Waals surface area (Å²) in [5.74, 6) is -0.649. The highest BCUT2D eigenvalue weighted by Crippen LogP contribution is 2.20. The topological polar surface area (TPSA) is 117 Å². The molecule has 0 spiro atoms. The average molecular weight is 401 g/mol. The zero-order valence-electron chi connectivity index (χ0n) is 17.4. The minimum absolute atomic E-state index is 0.103. The zero-order chi connectivity index (χ0) is 21.6. The third-order valence-corrected chi connectivity index (χ3v) is 5.34. The normalized spacial score (nSPS) is 20.9. The summed E-state index contributed by atoms with van der Waals surface area (Å²) in [5.41, 5.74) is 14.4. The van der Waals surface area contributed by atoms with Crippen molar-refractivity contribution >= 4 is 17.6 Å². The van der Waals surface area contributed by atoms with Crippen molar-refractivity contribution in [2.45, 2.75) is 32.7 Å². The summed E-state index contributed by atoms with van der Waals surface area (Å²) >= 11 is 0. The Labute approximate surface area is 172 Å². The molecule has 2 rings (SSSR count). The quantitative estimate of drug-likeness (QED) is 0.581. The molecule has 2 aliphatic heterocycles. The number of allylic oxidation sites excluding steroid dienone is 4. The average Bonchev–Trinajstić information content (AvgIpc) is 2.67. The Morgan fingerprint density at radius 3 is 2.48 bits per heavy atom. The number of piperidine rings is 1. The molecule has 1 saturated heterocycles. The molecule has 5 N–H and O–H groups in total. The van der Waals surface area contributed by atoms with Crippen molar-refractivity contribution < 1.29 is 9.59 Å². The van der Waals surface area contributed by atoms with Gasteiger partial charge in [0, 0.05) is 19.1 Å². The number of primary amides is 1. The Hall–Kier alpha value is -2.71. The van der Waals surface area contributed by atoms with Gasteiger partial charge in [-0.15, -0.1) is 0 Å². The number of carbonyl (C=O) groups is 2. The van der Waals surface area contributed by atoms with Crippen LogP contribution in [-0.2, 0) is 4.79 Å². The number of aliphatic imine (C=N–C) groups is 1. The number of amides is 3. The minimum Gasteiger partial charge on any atom is -0.363 e. The van der Waals surface area contributed by atoms with Gasteiger partial charge >= 0.3 is 6.03 Å². The Bertz CT molecular complexity index is 772. The lowest BCUT2D eigenvalue weighted by Gasteiger charge is -2.35. The second-order valence-corrected chi connectivity index (χ2v) is 7.53. The summed E-state index contributed by atoms with van der Waals surface area (Å²) in [6.07, 6.45) is 5.68. The van der Waals surface area contributed by atoms with E-state index in [1.165, 1.54) is 0 Å². The molecule has 0 radical (unpaired) electrons. The van der Waals surface area contributed by atoms with Gasteiger partial charge in [0.05, 0.1) is 17.9 Å². The van der Waals surface area contributed by atoms with Crippen LogP contribution < -0.4 is 16.8 Å². The first-order valence-electron chi connectivity index (χ1n) is 9.83. The van der Waals surface area contributed by atoms with E-state index in [4.69, 9.17) is 11.5 Å². The van der Waals surface area contributed by atoms with E-state index in [0.717, 1.165) is 43.6 Å². The van der Waals surface area contributed by atoms with Crippen LogP contribution in [0.5, 0.6) is 0 Å². The largest absolute Gasteiger partial charge is 0.363 e. The van der Waals surface area contributed by atoms with Gasteiger partial charge in [0.25, 0.3) is 5.91 Å². The first-order valence-corrected chi connectivity index (χ1v) is 9.83. The van der Waals surface area contributed by atoms with Gasteiger partial charge in [0.1, 0.15) is 0 Å². The van der Waals surface area contributed by atoms with Crippen LogP contribution in [0.3, 0.4) is 0 Å². The third kappa shape index (κ3) is 6.40. The molecule has 1 fully saturated rings. The van der Waals surface area contributed by atoms with Gasteiger partial charge in [-0.05, 0) is 57.0 Å². The summed E-state index contributed by atoms with van der Waals surface area (Å²) in [6, 6.07) is -0.638. The zero-order valence-corrected chi connectivity index (χ0v) is 17.4. The maximum atomic E-state index is 12.4. The maximum absolute atomic E-state index is 12.4. The molecule has 0 saturated carbocycles. The van der Waals surface area contributed by atoms with Crippen LogP contribution in [0.1, 0.15) is 26.7 Å². The van der Waals surface area contributed by atoms with E-state index < -0.39 is 11.9 Å². The molecule has 2 aliphatic rings. The predicted octanol–water partition coefficient (Wildman–Crippen LogP) is 1.28. The van der Waals surface area contributed by atoms with Gasteiger partial charge in [-0.25, -0.2) is 9.79 Å². The van der Waals surface area contributed by atoms with E-state index in [1.54, 1.807) is 6.08 Å². The van der Waals surface area contributed by atoms with Crippen LogP contribution in [0.4, 0.5) is 4.79 Å². The number of imide groups is 1. The number of hydrogen-bond donors (Lipinski definition) is 3. The van der Waals surface area contributed by atoms with Crippen LogP contribution in [0.15, 0.2) is 52.8 Å². The van der Waals surface area contributed by atoms with Crippen molar-refractivity contribution in [3.05, 3.63) is 47.9 Å². The first-order chi connectivity index (χ1) is 13.7. The van der Waals surface area contributed by atoms with Gasteiger partial charge in [-0.1, -0.05) is 19.2 Å². The molecule has 3 amide bonds. The van der Waals surface area contributed by atoms with Gasteiger partial charge in [0.15, 0.2) is 5.71 Å². The van der Waals surface area contributed by atoms with E-state index in [0.29, 0.717) is 24.5 Å². The van der Waals surface area contributed by atoms with Crippen molar-refractivity contribution in [1.29, 1.82) is 0 Å². The van der Waals surface area contributed by atoms with E-state index in [-0.39, 0.29) is 11.8 Å². The molecule has 0 aromatic carbocycles. The second kappa shape index (κ2) is 10.2. The molecule has 0 aliphatic carbocycles. The second-order valence-electron chi connectivity index (χ2n) is 7.53. The fourth-order valence-electron chi connectivity index (χ4n) is 3.29. The predicted molar refractivity (Wildman–Crippen MR) is 116 cm³/mol. The Morgan fingerprint density at radius 2 is 1.90 bits per heavy atom. The van der Waals surface area contributed by atoms with Crippen molar-refractivity contribution in [3.63, 3.8) is 0 Å². The van der Waals surface area contributed by atoms with Gasteiger partial charge in [0.2, 0.25) is 0 Å². The highest BCUT2D eigenvalue weighted by Gasteiger charge is 2.27. The summed E-state index contributed by atoms with van der Waals surface area (Å²) in [6.45, 7) is 15.7. The third-order valence-electron chi connectivity index (χ3n) is 5.34. The molecule has 158 valence electrons. The van der Waals surface area contributed by atoms with Crippen LogP contribution in [0, 0.1) is 0 Å². The number of hydrogen-bond acceptors (Lipinski definition) is 6. The van der Waals surface area contributed by atoms with Gasteiger partial charge < -0.3 is 21.3 Å². The van der Waals surface area contributed by atoms with Crippen molar-refractivity contribution in [3.8, 4) is 0 Å². The molecule has 8 heteroatoms.